The van der Waals surface area contributed by atoms with Crippen LogP contribution in [0.15, 0.2) is 48.5 Å². The minimum absolute atomic E-state index is 0.206. The number of carbonyl (C=O) groups excluding carboxylic acids is 1. The lowest BCUT2D eigenvalue weighted by molar-refractivity contribution is 0.0951. The molecule has 0 bridgehead atoms. The summed E-state index contributed by atoms with van der Waals surface area (Å²) in [6, 6.07) is 13.5. The maximum atomic E-state index is 13.1. The molecule has 1 amide bonds. The fourth-order valence-corrected chi connectivity index (χ4v) is 2.95. The fourth-order valence-electron chi connectivity index (χ4n) is 2.71. The molecule has 0 saturated carbocycles. The molecule has 0 fully saturated rings. The van der Waals surface area contributed by atoms with Crippen LogP contribution in [0.25, 0.3) is 0 Å². The summed E-state index contributed by atoms with van der Waals surface area (Å²) in [6.07, 6.45) is 0. The molecule has 0 aliphatic heterocycles. The Morgan fingerprint density at radius 3 is 2.50 bits per heavy atom. The first kappa shape index (κ1) is 18.1. The Morgan fingerprint density at radius 1 is 1.15 bits per heavy atom. The van der Waals surface area contributed by atoms with Gasteiger partial charge in [-0.2, -0.15) is 5.10 Å². The first-order valence-electron chi connectivity index (χ1n) is 8.24. The van der Waals surface area contributed by atoms with E-state index < -0.39 is 5.82 Å². The van der Waals surface area contributed by atoms with Crippen LogP contribution in [-0.2, 0) is 13.1 Å². The lowest BCUT2D eigenvalue weighted by Crippen LogP contribution is -2.23. The number of carbonyl (C=O) groups is 1. The summed E-state index contributed by atoms with van der Waals surface area (Å²) in [7, 11) is 0. The fraction of sp³-hybridized carbons (Fsp3) is 0.200. The van der Waals surface area contributed by atoms with Crippen molar-refractivity contribution < 1.29 is 9.18 Å². The maximum Gasteiger partial charge on any atom is 0.251 e. The molecule has 26 heavy (non-hydrogen) atoms. The summed E-state index contributed by atoms with van der Waals surface area (Å²) in [5, 5.41) is 7.53. The van der Waals surface area contributed by atoms with Crippen molar-refractivity contribution >= 4 is 17.5 Å². The Hall–Kier alpha value is -2.66. The summed E-state index contributed by atoms with van der Waals surface area (Å²) in [6.45, 7) is 4.88. The second kappa shape index (κ2) is 7.70. The molecular formula is C20H19ClFN3O. The van der Waals surface area contributed by atoms with E-state index in [9.17, 15) is 9.18 Å². The molecule has 0 unspecified atom stereocenters. The minimum atomic E-state index is -0.400. The minimum Gasteiger partial charge on any atom is -0.348 e. The summed E-state index contributed by atoms with van der Waals surface area (Å²) in [5.74, 6) is -0.605. The van der Waals surface area contributed by atoms with E-state index in [1.807, 2.05) is 36.7 Å². The number of hydrogen-bond donors (Lipinski definition) is 1. The molecule has 0 aliphatic carbocycles. The Morgan fingerprint density at radius 2 is 1.88 bits per heavy atom. The van der Waals surface area contributed by atoms with Crippen LogP contribution in [0, 0.1) is 19.7 Å². The van der Waals surface area contributed by atoms with Gasteiger partial charge in [-0.05, 0) is 55.3 Å². The zero-order valence-corrected chi connectivity index (χ0v) is 15.3. The molecule has 0 saturated heterocycles. The SMILES string of the molecule is Cc1cc(C)n(Cc2ccc(C(=O)NCc3ccc(F)cc3Cl)cc2)n1. The van der Waals surface area contributed by atoms with Crippen molar-refractivity contribution in [2.24, 2.45) is 0 Å². The predicted octanol–water partition coefficient (Wildman–Crippen LogP) is 4.27. The summed E-state index contributed by atoms with van der Waals surface area (Å²) < 4.78 is 15.0. The van der Waals surface area contributed by atoms with Gasteiger partial charge in [0.2, 0.25) is 0 Å². The van der Waals surface area contributed by atoms with Gasteiger partial charge in [0, 0.05) is 22.8 Å². The van der Waals surface area contributed by atoms with Crippen molar-refractivity contribution in [2.45, 2.75) is 26.9 Å². The molecule has 1 heterocycles. The van der Waals surface area contributed by atoms with Crippen LogP contribution in [0.5, 0.6) is 0 Å². The van der Waals surface area contributed by atoms with E-state index in [-0.39, 0.29) is 12.5 Å². The predicted molar refractivity (Wildman–Crippen MR) is 99.8 cm³/mol. The third-order valence-corrected chi connectivity index (χ3v) is 4.46. The largest absolute Gasteiger partial charge is 0.348 e. The van der Waals surface area contributed by atoms with Gasteiger partial charge < -0.3 is 5.32 Å². The molecule has 1 aromatic heterocycles. The zero-order chi connectivity index (χ0) is 18.7. The normalized spacial score (nSPS) is 10.8. The van der Waals surface area contributed by atoms with Crippen molar-refractivity contribution in [3.05, 3.63) is 87.4 Å². The molecule has 0 aliphatic rings. The number of hydrogen-bond acceptors (Lipinski definition) is 2. The standard InChI is InChI=1S/C20H19ClFN3O/c1-13-9-14(2)25(24-13)12-15-3-5-16(6-4-15)20(26)23-11-17-7-8-18(22)10-19(17)21/h3-10H,11-12H2,1-2H3,(H,23,26). The van der Waals surface area contributed by atoms with Crippen LogP contribution in [0.2, 0.25) is 5.02 Å². The summed E-state index contributed by atoms with van der Waals surface area (Å²) >= 11 is 5.97. The molecule has 0 atom stereocenters. The number of aromatic nitrogens is 2. The van der Waals surface area contributed by atoms with Crippen molar-refractivity contribution in [2.75, 3.05) is 0 Å². The first-order valence-corrected chi connectivity index (χ1v) is 8.62. The smallest absolute Gasteiger partial charge is 0.251 e. The van der Waals surface area contributed by atoms with Crippen LogP contribution in [-0.4, -0.2) is 15.7 Å². The van der Waals surface area contributed by atoms with Gasteiger partial charge in [0.15, 0.2) is 0 Å². The van der Waals surface area contributed by atoms with Crippen molar-refractivity contribution in [1.29, 1.82) is 0 Å². The number of amides is 1. The van der Waals surface area contributed by atoms with Crippen LogP contribution < -0.4 is 5.32 Å². The van der Waals surface area contributed by atoms with Crippen LogP contribution in [0.3, 0.4) is 0 Å². The molecule has 0 spiro atoms. The number of nitrogens with zero attached hydrogens (tertiary/aromatic N) is 2. The Kier molecular flexibility index (Phi) is 5.38. The van der Waals surface area contributed by atoms with Gasteiger partial charge in [0.05, 0.1) is 12.2 Å². The molecule has 134 valence electrons. The first-order chi connectivity index (χ1) is 12.4. The molecule has 0 radical (unpaired) electrons. The van der Waals surface area contributed by atoms with E-state index in [4.69, 9.17) is 11.6 Å². The number of aryl methyl sites for hydroxylation is 2. The summed E-state index contributed by atoms with van der Waals surface area (Å²) in [5.41, 5.74) is 4.37. The van der Waals surface area contributed by atoms with Crippen molar-refractivity contribution in [3.63, 3.8) is 0 Å². The Bertz CT molecular complexity index is 935. The zero-order valence-electron chi connectivity index (χ0n) is 14.6. The van der Waals surface area contributed by atoms with Crippen LogP contribution in [0.4, 0.5) is 4.39 Å². The highest BCUT2D eigenvalue weighted by atomic mass is 35.5. The molecule has 3 rings (SSSR count). The summed E-state index contributed by atoms with van der Waals surface area (Å²) in [4.78, 5) is 12.3. The maximum absolute atomic E-state index is 13.1. The van der Waals surface area contributed by atoms with Gasteiger partial charge in [0.25, 0.3) is 5.91 Å². The topological polar surface area (TPSA) is 46.9 Å². The van der Waals surface area contributed by atoms with Gasteiger partial charge in [-0.3, -0.25) is 9.48 Å². The van der Waals surface area contributed by atoms with Gasteiger partial charge in [-0.25, -0.2) is 4.39 Å². The van der Waals surface area contributed by atoms with E-state index in [2.05, 4.69) is 10.4 Å². The lowest BCUT2D eigenvalue weighted by Gasteiger charge is -2.09. The second-order valence-corrected chi connectivity index (χ2v) is 6.61. The van der Waals surface area contributed by atoms with E-state index in [0.29, 0.717) is 22.7 Å². The van der Waals surface area contributed by atoms with Gasteiger partial charge in [-0.15, -0.1) is 0 Å². The molecule has 1 N–H and O–H groups in total. The number of halogens is 2. The quantitative estimate of drug-likeness (QED) is 0.728. The second-order valence-electron chi connectivity index (χ2n) is 6.20. The van der Waals surface area contributed by atoms with E-state index in [1.165, 1.54) is 12.1 Å². The number of benzene rings is 2. The highest BCUT2D eigenvalue weighted by molar-refractivity contribution is 6.31. The molecule has 6 heteroatoms. The number of nitrogens with one attached hydrogen (secondary N) is 1. The highest BCUT2D eigenvalue weighted by Gasteiger charge is 2.08. The van der Waals surface area contributed by atoms with E-state index in [0.717, 1.165) is 17.0 Å². The van der Waals surface area contributed by atoms with Crippen LogP contribution in [0.1, 0.15) is 32.9 Å². The third kappa shape index (κ3) is 4.29. The molecule has 2 aromatic carbocycles. The highest BCUT2D eigenvalue weighted by Crippen LogP contribution is 2.17. The van der Waals surface area contributed by atoms with Gasteiger partial charge in [-0.1, -0.05) is 29.8 Å². The van der Waals surface area contributed by atoms with Crippen LogP contribution >= 0.6 is 11.6 Å². The Balaban J connectivity index is 1.62. The third-order valence-electron chi connectivity index (χ3n) is 4.11. The van der Waals surface area contributed by atoms with E-state index in [1.54, 1.807) is 18.2 Å². The lowest BCUT2D eigenvalue weighted by atomic mass is 10.1. The Labute approximate surface area is 156 Å². The number of rotatable bonds is 5. The van der Waals surface area contributed by atoms with E-state index >= 15 is 0 Å². The monoisotopic (exact) mass is 371 g/mol. The van der Waals surface area contributed by atoms with Gasteiger partial charge >= 0.3 is 0 Å². The average molecular weight is 372 g/mol. The van der Waals surface area contributed by atoms with Crippen molar-refractivity contribution in [1.82, 2.24) is 15.1 Å². The molecule has 4 nitrogen and oxygen atoms in total. The molecular weight excluding hydrogens is 353 g/mol. The van der Waals surface area contributed by atoms with Crippen molar-refractivity contribution in [3.8, 4) is 0 Å². The van der Waals surface area contributed by atoms with Gasteiger partial charge in [0.1, 0.15) is 5.82 Å². The average Bonchev–Trinajstić information content (AvgIpc) is 2.91. The molecule has 3 aromatic rings.